The summed E-state index contributed by atoms with van der Waals surface area (Å²) in [6.45, 7) is 9.07. The third-order valence-corrected chi connectivity index (χ3v) is 6.03. The van der Waals surface area contributed by atoms with Crippen molar-refractivity contribution in [3.63, 3.8) is 0 Å². The Morgan fingerprint density at radius 3 is 1.82 bits per heavy atom. The SMILES string of the molecule is COc1ccc(N(Cc2ccc(N(C)C)cc2)C(=O)Nc2c(C(C)C)cccc2C(C)C)cc1. The van der Waals surface area contributed by atoms with Gasteiger partial charge in [-0.25, -0.2) is 4.79 Å². The molecule has 0 aliphatic rings. The molecule has 0 heterocycles. The van der Waals surface area contributed by atoms with Gasteiger partial charge in [0.25, 0.3) is 0 Å². The van der Waals surface area contributed by atoms with Gasteiger partial charge in [0.2, 0.25) is 0 Å². The number of methoxy groups -OCH3 is 1. The van der Waals surface area contributed by atoms with E-state index < -0.39 is 0 Å². The number of ether oxygens (including phenoxy) is 1. The van der Waals surface area contributed by atoms with Crippen LogP contribution in [0.1, 0.15) is 56.2 Å². The summed E-state index contributed by atoms with van der Waals surface area (Å²) in [6.07, 6.45) is 0. The molecule has 3 aromatic rings. The van der Waals surface area contributed by atoms with Gasteiger partial charge in [-0.15, -0.1) is 0 Å². The van der Waals surface area contributed by atoms with Gasteiger partial charge in [0, 0.05) is 31.2 Å². The van der Waals surface area contributed by atoms with Crippen LogP contribution in [0.4, 0.5) is 21.9 Å². The number of carbonyl (C=O) groups is 1. The monoisotopic (exact) mass is 459 g/mol. The van der Waals surface area contributed by atoms with Crippen LogP contribution in [-0.2, 0) is 6.54 Å². The zero-order chi connectivity index (χ0) is 24.8. The lowest BCUT2D eigenvalue weighted by Crippen LogP contribution is -2.35. The van der Waals surface area contributed by atoms with Gasteiger partial charge < -0.3 is 15.0 Å². The van der Waals surface area contributed by atoms with E-state index in [1.165, 1.54) is 0 Å². The van der Waals surface area contributed by atoms with E-state index in [1.807, 2.05) is 38.4 Å². The van der Waals surface area contributed by atoms with Crippen molar-refractivity contribution in [1.82, 2.24) is 0 Å². The number of para-hydroxylation sites is 1. The zero-order valence-electron chi connectivity index (χ0n) is 21.4. The quantitative estimate of drug-likeness (QED) is 0.386. The summed E-state index contributed by atoms with van der Waals surface area (Å²) in [5, 5.41) is 3.27. The maximum atomic E-state index is 13.8. The lowest BCUT2D eigenvalue weighted by molar-refractivity contribution is 0.256. The molecular formula is C29H37N3O2. The molecule has 0 atom stereocenters. The first kappa shape index (κ1) is 25.2. The van der Waals surface area contributed by atoms with E-state index >= 15 is 0 Å². The lowest BCUT2D eigenvalue weighted by Gasteiger charge is -2.27. The summed E-state index contributed by atoms with van der Waals surface area (Å²) in [4.78, 5) is 17.6. The van der Waals surface area contributed by atoms with Gasteiger partial charge in [-0.05, 0) is 64.9 Å². The maximum Gasteiger partial charge on any atom is 0.326 e. The molecule has 5 heteroatoms. The van der Waals surface area contributed by atoms with Crippen molar-refractivity contribution < 1.29 is 9.53 Å². The molecule has 0 fully saturated rings. The van der Waals surface area contributed by atoms with Crippen molar-refractivity contribution in [1.29, 1.82) is 0 Å². The Morgan fingerprint density at radius 2 is 1.35 bits per heavy atom. The number of anilines is 3. The average Bonchev–Trinajstić information content (AvgIpc) is 2.82. The second kappa shape index (κ2) is 11.1. The number of amides is 2. The van der Waals surface area contributed by atoms with E-state index in [9.17, 15) is 4.79 Å². The van der Waals surface area contributed by atoms with Crippen LogP contribution >= 0.6 is 0 Å². The number of hydrogen-bond donors (Lipinski definition) is 1. The molecule has 0 aromatic heterocycles. The topological polar surface area (TPSA) is 44.8 Å². The molecule has 3 rings (SSSR count). The van der Waals surface area contributed by atoms with Gasteiger partial charge >= 0.3 is 6.03 Å². The zero-order valence-corrected chi connectivity index (χ0v) is 21.4. The third kappa shape index (κ3) is 5.90. The van der Waals surface area contributed by atoms with Crippen LogP contribution in [0.5, 0.6) is 5.75 Å². The summed E-state index contributed by atoms with van der Waals surface area (Å²) in [7, 11) is 5.68. The largest absolute Gasteiger partial charge is 0.497 e. The van der Waals surface area contributed by atoms with Gasteiger partial charge in [-0.1, -0.05) is 58.0 Å². The number of hydrogen-bond acceptors (Lipinski definition) is 3. The smallest absolute Gasteiger partial charge is 0.326 e. The van der Waals surface area contributed by atoms with Gasteiger partial charge in [-0.2, -0.15) is 0 Å². The molecule has 0 saturated heterocycles. The summed E-state index contributed by atoms with van der Waals surface area (Å²) in [5.74, 6) is 1.34. The fourth-order valence-electron chi connectivity index (χ4n) is 3.99. The molecule has 0 aliphatic carbocycles. The highest BCUT2D eigenvalue weighted by molar-refractivity contribution is 6.02. The van der Waals surface area contributed by atoms with Crippen LogP contribution in [0.25, 0.3) is 0 Å². The van der Waals surface area contributed by atoms with Crippen molar-refractivity contribution in [2.45, 2.75) is 46.1 Å². The van der Waals surface area contributed by atoms with E-state index in [0.717, 1.165) is 39.5 Å². The predicted molar refractivity (Wildman–Crippen MR) is 144 cm³/mol. The Bertz CT molecular complexity index is 1060. The van der Waals surface area contributed by atoms with Gasteiger partial charge in [0.05, 0.1) is 13.7 Å². The van der Waals surface area contributed by atoms with E-state index in [1.54, 1.807) is 12.0 Å². The van der Waals surface area contributed by atoms with Crippen molar-refractivity contribution in [2.75, 3.05) is 36.3 Å². The van der Waals surface area contributed by atoms with Crippen LogP contribution in [0, 0.1) is 0 Å². The Labute approximate surface area is 204 Å². The van der Waals surface area contributed by atoms with Crippen molar-refractivity contribution in [2.24, 2.45) is 0 Å². The van der Waals surface area contributed by atoms with E-state index in [4.69, 9.17) is 4.74 Å². The average molecular weight is 460 g/mol. The first-order valence-electron chi connectivity index (χ1n) is 11.8. The van der Waals surface area contributed by atoms with Crippen LogP contribution in [-0.4, -0.2) is 27.2 Å². The molecule has 0 unspecified atom stereocenters. The molecule has 0 spiro atoms. The standard InChI is InChI=1S/C29H37N3O2/c1-20(2)26-9-8-10-27(21(3)4)28(26)30-29(33)32(24-15-17-25(34-7)18-16-24)19-22-11-13-23(14-12-22)31(5)6/h8-18,20-21H,19H2,1-7H3,(H,30,33). The minimum Gasteiger partial charge on any atom is -0.497 e. The molecule has 3 aromatic carbocycles. The van der Waals surface area contributed by atoms with Crippen LogP contribution in [0.2, 0.25) is 0 Å². The minimum absolute atomic E-state index is 0.156. The second-order valence-electron chi connectivity index (χ2n) is 9.40. The molecule has 0 bridgehead atoms. The van der Waals surface area contributed by atoms with Crippen molar-refractivity contribution in [3.8, 4) is 5.75 Å². The Kier molecular flexibility index (Phi) is 8.21. The molecule has 1 N–H and O–H groups in total. The highest BCUT2D eigenvalue weighted by Gasteiger charge is 2.21. The molecule has 2 amide bonds. The summed E-state index contributed by atoms with van der Waals surface area (Å²) < 4.78 is 5.32. The van der Waals surface area contributed by atoms with E-state index in [-0.39, 0.29) is 6.03 Å². The van der Waals surface area contributed by atoms with Gasteiger partial charge in [0.15, 0.2) is 0 Å². The molecular weight excluding hydrogens is 422 g/mol. The first-order valence-corrected chi connectivity index (χ1v) is 11.8. The highest BCUT2D eigenvalue weighted by atomic mass is 16.5. The molecule has 34 heavy (non-hydrogen) atoms. The summed E-state index contributed by atoms with van der Waals surface area (Å²) in [5.41, 5.74) is 6.19. The van der Waals surface area contributed by atoms with Crippen LogP contribution in [0.15, 0.2) is 66.7 Å². The Hall–Kier alpha value is -3.47. The van der Waals surface area contributed by atoms with Gasteiger partial charge in [-0.3, -0.25) is 4.90 Å². The molecule has 0 radical (unpaired) electrons. The fraction of sp³-hybridized carbons (Fsp3) is 0.345. The van der Waals surface area contributed by atoms with Gasteiger partial charge in [0.1, 0.15) is 5.75 Å². The first-order chi connectivity index (χ1) is 16.2. The number of nitrogens with zero attached hydrogens (tertiary/aromatic N) is 2. The van der Waals surface area contributed by atoms with Crippen LogP contribution in [0.3, 0.4) is 0 Å². The summed E-state index contributed by atoms with van der Waals surface area (Å²) >= 11 is 0. The highest BCUT2D eigenvalue weighted by Crippen LogP contribution is 2.33. The molecule has 0 saturated carbocycles. The number of urea groups is 1. The summed E-state index contributed by atoms with van der Waals surface area (Å²) in [6, 6.07) is 22.0. The Morgan fingerprint density at radius 1 is 0.824 bits per heavy atom. The normalized spacial score (nSPS) is 11.0. The molecule has 5 nitrogen and oxygen atoms in total. The minimum atomic E-state index is -0.156. The van der Waals surface area contributed by atoms with E-state index in [0.29, 0.717) is 18.4 Å². The predicted octanol–water partition coefficient (Wildman–Crippen LogP) is 7.25. The number of rotatable bonds is 8. The molecule has 0 aliphatic heterocycles. The van der Waals surface area contributed by atoms with E-state index in [2.05, 4.69) is 80.4 Å². The second-order valence-corrected chi connectivity index (χ2v) is 9.40. The maximum absolute atomic E-state index is 13.8. The fourth-order valence-corrected chi connectivity index (χ4v) is 3.99. The van der Waals surface area contributed by atoms with Crippen molar-refractivity contribution >= 4 is 23.1 Å². The number of benzene rings is 3. The lowest BCUT2D eigenvalue weighted by atomic mass is 9.93. The third-order valence-electron chi connectivity index (χ3n) is 6.03. The number of nitrogens with one attached hydrogen (secondary N) is 1. The van der Waals surface area contributed by atoms with Crippen LogP contribution < -0.4 is 19.9 Å². The van der Waals surface area contributed by atoms with Crippen molar-refractivity contribution in [3.05, 3.63) is 83.4 Å². The molecule has 180 valence electrons. The number of carbonyl (C=O) groups excluding carboxylic acids is 1. The Balaban J connectivity index is 1.98.